The van der Waals surface area contributed by atoms with E-state index in [-0.39, 0.29) is 5.91 Å². The molecule has 0 radical (unpaired) electrons. The van der Waals surface area contributed by atoms with E-state index < -0.39 is 9.96 Å². The maximum atomic E-state index is 12.6. The molecule has 0 aliphatic heterocycles. The molecule has 26 heavy (non-hydrogen) atoms. The summed E-state index contributed by atoms with van der Waals surface area (Å²) in [6.45, 7) is 1.86. The molecule has 0 heterocycles. The van der Waals surface area contributed by atoms with E-state index in [2.05, 4.69) is 10.6 Å². The summed E-state index contributed by atoms with van der Waals surface area (Å²) in [6.07, 6.45) is -0.912. The Hall–Kier alpha value is -1.94. The van der Waals surface area contributed by atoms with Gasteiger partial charge in [-0.05, 0) is 30.0 Å². The normalized spacial score (nSPS) is 12.6. The smallest absolute Gasteiger partial charge is 0.253 e. The molecule has 1 amide bonds. The minimum Gasteiger partial charge on any atom is -0.361 e. The molecule has 0 aliphatic carbocycles. The summed E-state index contributed by atoms with van der Waals surface area (Å²) >= 11 is 18.4. The maximum Gasteiger partial charge on any atom is 0.253 e. The first-order valence-corrected chi connectivity index (χ1v) is 9.17. The van der Waals surface area contributed by atoms with Crippen molar-refractivity contribution in [2.45, 2.75) is 16.9 Å². The van der Waals surface area contributed by atoms with Crippen molar-refractivity contribution in [3.8, 4) is 0 Å². The van der Waals surface area contributed by atoms with Gasteiger partial charge in [0.2, 0.25) is 3.79 Å². The van der Waals surface area contributed by atoms with Crippen molar-refractivity contribution in [2.24, 2.45) is 0 Å². The summed E-state index contributed by atoms with van der Waals surface area (Å²) in [5.74, 6) is -0.313. The molecule has 3 rings (SSSR count). The van der Waals surface area contributed by atoms with E-state index in [1.165, 1.54) is 0 Å². The summed E-state index contributed by atoms with van der Waals surface area (Å²) < 4.78 is -1.74. The topological polar surface area (TPSA) is 41.1 Å². The monoisotopic (exact) mass is 406 g/mol. The molecular weight excluding hydrogens is 391 g/mol. The second kappa shape index (κ2) is 7.75. The Balaban J connectivity index is 1.90. The zero-order valence-electron chi connectivity index (χ0n) is 14.0. The molecule has 1 atom stereocenters. The number of hydrogen-bond donors (Lipinski definition) is 2. The third-order valence-electron chi connectivity index (χ3n) is 4.08. The number of fused-ring (bicyclic) bond motifs is 1. The van der Waals surface area contributed by atoms with E-state index in [1.807, 2.05) is 61.5 Å². The number of alkyl halides is 3. The van der Waals surface area contributed by atoms with Crippen LogP contribution in [0.15, 0.2) is 66.7 Å². The lowest BCUT2D eigenvalue weighted by atomic mass is 10.1. The van der Waals surface area contributed by atoms with Crippen LogP contribution in [0.1, 0.15) is 15.9 Å². The Morgan fingerprint density at radius 1 is 0.923 bits per heavy atom. The van der Waals surface area contributed by atoms with Gasteiger partial charge in [-0.2, -0.15) is 0 Å². The molecule has 0 spiro atoms. The first-order valence-electron chi connectivity index (χ1n) is 8.04. The van der Waals surface area contributed by atoms with Gasteiger partial charge in [0, 0.05) is 16.6 Å². The fourth-order valence-electron chi connectivity index (χ4n) is 2.74. The number of rotatable bonds is 4. The highest BCUT2D eigenvalue weighted by atomic mass is 35.6. The highest BCUT2D eigenvalue weighted by Gasteiger charge is 2.34. The van der Waals surface area contributed by atoms with Gasteiger partial charge in [-0.15, -0.1) is 0 Å². The highest BCUT2D eigenvalue weighted by Crippen LogP contribution is 2.33. The Kier molecular flexibility index (Phi) is 5.61. The van der Waals surface area contributed by atoms with Crippen LogP contribution in [-0.4, -0.2) is 15.9 Å². The average molecular weight is 408 g/mol. The predicted octanol–water partition coefficient (Wildman–Crippen LogP) is 5.69. The molecular formula is C20H17Cl3N2O. The lowest BCUT2D eigenvalue weighted by Gasteiger charge is -2.28. The number of halogens is 3. The van der Waals surface area contributed by atoms with Crippen LogP contribution in [0.2, 0.25) is 0 Å². The molecule has 0 unspecified atom stereocenters. The highest BCUT2D eigenvalue weighted by molar-refractivity contribution is 6.68. The molecule has 2 N–H and O–H groups in total. The molecule has 0 fully saturated rings. The van der Waals surface area contributed by atoms with Crippen molar-refractivity contribution in [3.05, 3.63) is 77.9 Å². The van der Waals surface area contributed by atoms with Crippen molar-refractivity contribution in [1.29, 1.82) is 0 Å². The molecule has 3 aromatic rings. The number of anilines is 1. The van der Waals surface area contributed by atoms with Crippen molar-refractivity contribution in [3.63, 3.8) is 0 Å². The SMILES string of the molecule is Cc1ccccc1C(=O)N[C@H](Nc1cccc2ccccc12)C(Cl)(Cl)Cl. The zero-order valence-corrected chi connectivity index (χ0v) is 16.2. The summed E-state index contributed by atoms with van der Waals surface area (Å²) in [5.41, 5.74) is 2.15. The number of carbonyl (C=O) groups excluding carboxylic acids is 1. The first-order chi connectivity index (χ1) is 12.4. The summed E-state index contributed by atoms with van der Waals surface area (Å²) in [7, 11) is 0. The molecule has 0 bridgehead atoms. The molecule has 3 aromatic carbocycles. The molecule has 0 aromatic heterocycles. The van der Waals surface area contributed by atoms with Gasteiger partial charge in [0.1, 0.15) is 6.17 Å². The van der Waals surface area contributed by atoms with Crippen molar-refractivity contribution < 1.29 is 4.79 Å². The van der Waals surface area contributed by atoms with E-state index in [1.54, 1.807) is 12.1 Å². The average Bonchev–Trinajstić information content (AvgIpc) is 2.61. The largest absolute Gasteiger partial charge is 0.361 e. The second-order valence-corrected chi connectivity index (χ2v) is 8.30. The van der Waals surface area contributed by atoms with Gasteiger partial charge in [-0.3, -0.25) is 4.79 Å². The predicted molar refractivity (Wildman–Crippen MR) is 110 cm³/mol. The third kappa shape index (κ3) is 4.24. The Morgan fingerprint density at radius 2 is 1.58 bits per heavy atom. The lowest BCUT2D eigenvalue weighted by molar-refractivity contribution is 0.0941. The van der Waals surface area contributed by atoms with Gasteiger partial charge in [-0.1, -0.05) is 89.4 Å². The van der Waals surface area contributed by atoms with Gasteiger partial charge in [0.05, 0.1) is 0 Å². The van der Waals surface area contributed by atoms with E-state index in [4.69, 9.17) is 34.8 Å². The first kappa shape index (κ1) is 18.8. The van der Waals surface area contributed by atoms with Crippen LogP contribution in [-0.2, 0) is 0 Å². The van der Waals surface area contributed by atoms with Gasteiger partial charge in [0.15, 0.2) is 0 Å². The Labute approximate surface area is 167 Å². The lowest BCUT2D eigenvalue weighted by Crippen LogP contribution is -2.49. The molecule has 134 valence electrons. The number of hydrogen-bond acceptors (Lipinski definition) is 2. The van der Waals surface area contributed by atoms with Crippen LogP contribution < -0.4 is 10.6 Å². The summed E-state index contributed by atoms with van der Waals surface area (Å²) in [4.78, 5) is 12.6. The van der Waals surface area contributed by atoms with Crippen LogP contribution in [0.5, 0.6) is 0 Å². The molecule has 0 saturated heterocycles. The molecule has 3 nitrogen and oxygen atoms in total. The fourth-order valence-corrected chi connectivity index (χ4v) is 3.07. The van der Waals surface area contributed by atoms with Crippen molar-refractivity contribution >= 4 is 57.2 Å². The molecule has 0 aliphatic rings. The Bertz CT molecular complexity index is 932. The second-order valence-electron chi connectivity index (χ2n) is 5.93. The molecule has 0 saturated carbocycles. The van der Waals surface area contributed by atoms with Gasteiger partial charge < -0.3 is 10.6 Å². The summed E-state index contributed by atoms with van der Waals surface area (Å²) in [5, 5.41) is 7.95. The van der Waals surface area contributed by atoms with Gasteiger partial charge in [-0.25, -0.2) is 0 Å². The number of nitrogens with one attached hydrogen (secondary N) is 2. The number of amides is 1. The van der Waals surface area contributed by atoms with Crippen LogP contribution >= 0.6 is 34.8 Å². The zero-order chi connectivity index (χ0) is 18.7. The maximum absolute atomic E-state index is 12.6. The van der Waals surface area contributed by atoms with E-state index in [0.717, 1.165) is 22.0 Å². The van der Waals surface area contributed by atoms with E-state index >= 15 is 0 Å². The van der Waals surface area contributed by atoms with E-state index in [9.17, 15) is 4.79 Å². The number of benzene rings is 3. The minimum atomic E-state index is -1.74. The number of aryl methyl sites for hydroxylation is 1. The van der Waals surface area contributed by atoms with Crippen molar-refractivity contribution in [2.75, 3.05) is 5.32 Å². The van der Waals surface area contributed by atoms with E-state index in [0.29, 0.717) is 5.56 Å². The van der Waals surface area contributed by atoms with Crippen LogP contribution in [0.25, 0.3) is 10.8 Å². The number of carbonyl (C=O) groups is 1. The standard InChI is InChI=1S/C20H17Cl3N2O/c1-13-7-2-4-10-15(13)18(26)25-19(20(21,22)23)24-17-12-6-9-14-8-3-5-11-16(14)17/h2-12,19,24H,1H3,(H,25,26)/t19-/m0/s1. The quantitative estimate of drug-likeness (QED) is 0.431. The Morgan fingerprint density at radius 3 is 2.31 bits per heavy atom. The minimum absolute atomic E-state index is 0.313. The van der Waals surface area contributed by atoms with Crippen LogP contribution in [0.3, 0.4) is 0 Å². The fraction of sp³-hybridized carbons (Fsp3) is 0.150. The van der Waals surface area contributed by atoms with Gasteiger partial charge in [0.25, 0.3) is 5.91 Å². The van der Waals surface area contributed by atoms with Crippen LogP contribution in [0.4, 0.5) is 5.69 Å². The van der Waals surface area contributed by atoms with Gasteiger partial charge >= 0.3 is 0 Å². The van der Waals surface area contributed by atoms with Crippen molar-refractivity contribution in [1.82, 2.24) is 5.32 Å². The summed E-state index contributed by atoms with van der Waals surface area (Å²) in [6, 6.07) is 20.9. The third-order valence-corrected chi connectivity index (χ3v) is 4.74. The van der Waals surface area contributed by atoms with Crippen LogP contribution in [0, 0.1) is 6.92 Å². The molecule has 6 heteroatoms.